The van der Waals surface area contributed by atoms with Gasteiger partial charge in [0.25, 0.3) is 0 Å². The lowest BCUT2D eigenvalue weighted by Gasteiger charge is -2.06. The van der Waals surface area contributed by atoms with Crippen LogP contribution in [-0.2, 0) is 20.7 Å². The summed E-state index contributed by atoms with van der Waals surface area (Å²) in [6.07, 6.45) is 0.0508. The molecule has 2 rings (SSSR count). The molecule has 2 aromatic rings. The van der Waals surface area contributed by atoms with Crippen LogP contribution in [-0.4, -0.2) is 30.8 Å². The Morgan fingerprint density at radius 2 is 1.76 bits per heavy atom. The molecule has 2 aromatic carbocycles. The van der Waals surface area contributed by atoms with Crippen LogP contribution in [0.5, 0.6) is 5.75 Å². The van der Waals surface area contributed by atoms with E-state index in [2.05, 4.69) is 4.74 Å². The van der Waals surface area contributed by atoms with Crippen LogP contribution in [0.3, 0.4) is 0 Å². The molecule has 0 atom stereocenters. The van der Waals surface area contributed by atoms with Gasteiger partial charge in [-0.1, -0.05) is 31.7 Å². The summed E-state index contributed by atoms with van der Waals surface area (Å²) in [6.45, 7) is -0.608. The number of ether oxygens (including phenoxy) is 2. The number of rotatable bonds is 5. The lowest BCUT2D eigenvalue weighted by Crippen LogP contribution is -2.14. The van der Waals surface area contributed by atoms with Gasteiger partial charge >= 0.3 is 11.9 Å². The molecule has 0 heterocycles. The minimum Gasteiger partial charge on any atom is -0.497 e. The number of fused-ring (bicyclic) bond motifs is 1. The molecular formula is C16H18O5. The van der Waals surface area contributed by atoms with Crippen LogP contribution in [0.1, 0.15) is 13.0 Å². The SMILES string of the molecule is C.COc1ccc2cc(CC(=O)OCC(=O)O)ccc2c1. The fraction of sp³-hybridized carbons (Fsp3) is 0.250. The molecule has 1 N–H and O–H groups in total. The summed E-state index contributed by atoms with van der Waals surface area (Å²) < 4.78 is 9.74. The van der Waals surface area contributed by atoms with Gasteiger partial charge in [-0.25, -0.2) is 4.79 Å². The quantitative estimate of drug-likeness (QED) is 0.857. The minimum atomic E-state index is -1.16. The predicted octanol–water partition coefficient (Wildman–Crippen LogP) is 2.65. The molecule has 112 valence electrons. The molecule has 0 radical (unpaired) electrons. The molecule has 0 aliphatic carbocycles. The Morgan fingerprint density at radius 3 is 2.43 bits per heavy atom. The Labute approximate surface area is 123 Å². The molecule has 0 fully saturated rings. The van der Waals surface area contributed by atoms with E-state index < -0.39 is 18.5 Å². The Bertz CT molecular complexity index is 648. The van der Waals surface area contributed by atoms with Crippen molar-refractivity contribution in [1.82, 2.24) is 0 Å². The molecule has 0 aromatic heterocycles. The Kier molecular flexibility index (Phi) is 5.72. The molecule has 0 saturated carbocycles. The zero-order valence-electron chi connectivity index (χ0n) is 11.0. The highest BCUT2D eigenvalue weighted by molar-refractivity contribution is 5.86. The van der Waals surface area contributed by atoms with Gasteiger partial charge in [-0.3, -0.25) is 4.79 Å². The first-order chi connectivity index (χ1) is 9.58. The first kappa shape index (κ1) is 16.5. The van der Waals surface area contributed by atoms with Gasteiger partial charge in [-0.05, 0) is 28.5 Å². The highest BCUT2D eigenvalue weighted by atomic mass is 16.5. The second kappa shape index (κ2) is 7.28. The van der Waals surface area contributed by atoms with Gasteiger partial charge in [0.15, 0.2) is 6.61 Å². The van der Waals surface area contributed by atoms with Crippen LogP contribution in [0.25, 0.3) is 10.8 Å². The molecule has 5 heteroatoms. The molecule has 0 unspecified atom stereocenters. The zero-order chi connectivity index (χ0) is 14.5. The van der Waals surface area contributed by atoms with E-state index in [1.165, 1.54) is 0 Å². The number of benzene rings is 2. The van der Waals surface area contributed by atoms with Crippen LogP contribution in [0.4, 0.5) is 0 Å². The van der Waals surface area contributed by atoms with Gasteiger partial charge in [0.05, 0.1) is 13.5 Å². The van der Waals surface area contributed by atoms with Crippen molar-refractivity contribution in [2.75, 3.05) is 13.7 Å². The average molecular weight is 290 g/mol. The predicted molar refractivity (Wildman–Crippen MR) is 79.5 cm³/mol. The Hall–Kier alpha value is -2.56. The van der Waals surface area contributed by atoms with E-state index in [-0.39, 0.29) is 13.8 Å². The van der Waals surface area contributed by atoms with Crippen molar-refractivity contribution in [3.63, 3.8) is 0 Å². The van der Waals surface area contributed by atoms with E-state index >= 15 is 0 Å². The standard InChI is InChI=1S/C15H14O5.CH4/c1-19-13-5-4-11-6-10(2-3-12(11)8-13)7-15(18)20-9-14(16)17;/h2-6,8H,7,9H2,1H3,(H,16,17);1H4. The zero-order valence-corrected chi connectivity index (χ0v) is 11.0. The summed E-state index contributed by atoms with van der Waals surface area (Å²) in [4.78, 5) is 21.8. The number of esters is 1. The van der Waals surface area contributed by atoms with Crippen molar-refractivity contribution in [2.24, 2.45) is 0 Å². The molecule has 0 spiro atoms. The number of aliphatic carboxylic acids is 1. The van der Waals surface area contributed by atoms with Crippen molar-refractivity contribution in [1.29, 1.82) is 0 Å². The van der Waals surface area contributed by atoms with Crippen molar-refractivity contribution in [3.05, 3.63) is 42.0 Å². The van der Waals surface area contributed by atoms with Crippen molar-refractivity contribution >= 4 is 22.7 Å². The van der Waals surface area contributed by atoms with E-state index in [9.17, 15) is 9.59 Å². The highest BCUT2D eigenvalue weighted by Gasteiger charge is 2.08. The summed E-state index contributed by atoms with van der Waals surface area (Å²) >= 11 is 0. The van der Waals surface area contributed by atoms with Crippen molar-refractivity contribution in [2.45, 2.75) is 13.8 Å². The first-order valence-corrected chi connectivity index (χ1v) is 6.02. The van der Waals surface area contributed by atoms with Crippen molar-refractivity contribution < 1.29 is 24.2 Å². The molecule has 0 aliphatic rings. The molecule has 0 saturated heterocycles. The fourth-order valence-corrected chi connectivity index (χ4v) is 1.87. The summed E-state index contributed by atoms with van der Waals surface area (Å²) in [5, 5.41) is 10.4. The maximum absolute atomic E-state index is 11.4. The smallest absolute Gasteiger partial charge is 0.341 e. The monoisotopic (exact) mass is 290 g/mol. The second-order valence-corrected chi connectivity index (χ2v) is 4.28. The van der Waals surface area contributed by atoms with Gasteiger partial charge in [0.2, 0.25) is 0 Å². The second-order valence-electron chi connectivity index (χ2n) is 4.28. The summed E-state index contributed by atoms with van der Waals surface area (Å²) in [5.41, 5.74) is 0.776. The third-order valence-corrected chi connectivity index (χ3v) is 2.82. The average Bonchev–Trinajstić information content (AvgIpc) is 2.44. The molecule has 5 nitrogen and oxygen atoms in total. The van der Waals surface area contributed by atoms with Crippen LogP contribution in [0.15, 0.2) is 36.4 Å². The lowest BCUT2D eigenvalue weighted by atomic mass is 10.0. The van der Waals surface area contributed by atoms with E-state index in [1.54, 1.807) is 7.11 Å². The summed E-state index contributed by atoms with van der Waals surface area (Å²) in [6, 6.07) is 11.2. The first-order valence-electron chi connectivity index (χ1n) is 6.02. The number of carboxylic acids is 1. The van der Waals surface area contributed by atoms with Gasteiger partial charge in [0.1, 0.15) is 5.75 Å². The summed E-state index contributed by atoms with van der Waals surface area (Å²) in [5.74, 6) is -0.949. The number of carboxylic acid groups (broad SMARTS) is 1. The van der Waals surface area contributed by atoms with Gasteiger partial charge in [-0.2, -0.15) is 0 Å². The van der Waals surface area contributed by atoms with Gasteiger partial charge < -0.3 is 14.6 Å². The van der Waals surface area contributed by atoms with Crippen molar-refractivity contribution in [3.8, 4) is 5.75 Å². The van der Waals surface area contributed by atoms with Gasteiger partial charge in [0, 0.05) is 0 Å². The highest BCUT2D eigenvalue weighted by Crippen LogP contribution is 2.22. The Balaban J connectivity index is 0.00000220. The third kappa shape index (κ3) is 4.49. The topological polar surface area (TPSA) is 72.8 Å². The van der Waals surface area contributed by atoms with Crippen LogP contribution < -0.4 is 4.74 Å². The molecule has 0 bridgehead atoms. The molecule has 21 heavy (non-hydrogen) atoms. The maximum Gasteiger partial charge on any atom is 0.341 e. The van der Waals surface area contributed by atoms with E-state index in [0.717, 1.165) is 22.1 Å². The maximum atomic E-state index is 11.4. The Morgan fingerprint density at radius 1 is 1.10 bits per heavy atom. The molecule has 0 aliphatic heterocycles. The van der Waals surface area contributed by atoms with E-state index in [1.807, 2.05) is 36.4 Å². The molecular weight excluding hydrogens is 272 g/mol. The minimum absolute atomic E-state index is 0. The number of carbonyl (C=O) groups is 2. The number of hydrogen-bond acceptors (Lipinski definition) is 4. The lowest BCUT2D eigenvalue weighted by molar-refractivity contribution is -0.154. The van der Waals surface area contributed by atoms with Crippen LogP contribution in [0.2, 0.25) is 0 Å². The van der Waals surface area contributed by atoms with Gasteiger partial charge in [-0.15, -0.1) is 0 Å². The van der Waals surface area contributed by atoms with E-state index in [4.69, 9.17) is 9.84 Å². The van der Waals surface area contributed by atoms with Crippen LogP contribution >= 0.6 is 0 Å². The van der Waals surface area contributed by atoms with E-state index in [0.29, 0.717) is 0 Å². The summed E-state index contributed by atoms with van der Waals surface area (Å²) in [7, 11) is 1.61. The number of methoxy groups -OCH3 is 1. The fourth-order valence-electron chi connectivity index (χ4n) is 1.87. The third-order valence-electron chi connectivity index (χ3n) is 2.82. The number of hydrogen-bond donors (Lipinski definition) is 1. The normalized spacial score (nSPS) is 9.76. The molecule has 0 amide bonds. The van der Waals surface area contributed by atoms with Crippen LogP contribution in [0, 0.1) is 0 Å². The number of carbonyl (C=O) groups excluding carboxylic acids is 1. The largest absolute Gasteiger partial charge is 0.497 e.